The summed E-state index contributed by atoms with van der Waals surface area (Å²) in [5.41, 5.74) is 1.21. The van der Waals surface area contributed by atoms with Gasteiger partial charge in [0, 0.05) is 0 Å². The van der Waals surface area contributed by atoms with E-state index >= 15 is 0 Å². The molecule has 0 aliphatic heterocycles. The van der Waals surface area contributed by atoms with E-state index in [0.717, 1.165) is 13.1 Å². The summed E-state index contributed by atoms with van der Waals surface area (Å²) >= 11 is 0. The van der Waals surface area contributed by atoms with Gasteiger partial charge < -0.3 is 21.3 Å². The fourth-order valence-electron chi connectivity index (χ4n) is 2.04. The molecule has 0 spiro atoms. The van der Waals surface area contributed by atoms with Crippen LogP contribution >= 0.6 is 0 Å². The van der Waals surface area contributed by atoms with Crippen molar-refractivity contribution in [2.24, 2.45) is 11.8 Å². The fourth-order valence-corrected chi connectivity index (χ4v) is 2.04. The predicted molar refractivity (Wildman–Crippen MR) is 99.1 cm³/mol. The van der Waals surface area contributed by atoms with E-state index < -0.39 is 0 Å². The number of anilines is 2. The largest absolute Gasteiger partial charge is 0.323 e. The molecule has 0 heterocycles. The van der Waals surface area contributed by atoms with Crippen molar-refractivity contribution < 1.29 is 9.59 Å². The lowest BCUT2D eigenvalue weighted by molar-refractivity contribution is -0.116. The molecule has 0 aromatic heterocycles. The fraction of sp³-hybridized carbons (Fsp3) is 0.556. The van der Waals surface area contributed by atoms with E-state index in [9.17, 15) is 9.59 Å². The Morgan fingerprint density at radius 2 is 1.17 bits per heavy atom. The van der Waals surface area contributed by atoms with Crippen molar-refractivity contribution in [1.29, 1.82) is 0 Å². The van der Waals surface area contributed by atoms with Gasteiger partial charge in [-0.15, -0.1) is 0 Å². The first-order valence-electron chi connectivity index (χ1n) is 8.48. The highest BCUT2D eigenvalue weighted by Gasteiger charge is 2.09. The average molecular weight is 334 g/mol. The highest BCUT2D eigenvalue weighted by Crippen LogP contribution is 2.20. The molecule has 0 aliphatic rings. The lowest BCUT2D eigenvalue weighted by atomic mass is 10.2. The Kier molecular flexibility index (Phi) is 9.04. The summed E-state index contributed by atoms with van der Waals surface area (Å²) in [6.45, 7) is 10.4. The highest BCUT2D eigenvalue weighted by atomic mass is 16.2. The van der Waals surface area contributed by atoms with Crippen molar-refractivity contribution in [1.82, 2.24) is 10.6 Å². The molecule has 0 fully saturated rings. The third kappa shape index (κ3) is 8.64. The number of hydrogen-bond donors (Lipinski definition) is 4. The molecule has 0 radical (unpaired) electrons. The van der Waals surface area contributed by atoms with Gasteiger partial charge in [-0.2, -0.15) is 0 Å². The van der Waals surface area contributed by atoms with Crippen LogP contribution in [-0.4, -0.2) is 38.0 Å². The zero-order valence-electron chi connectivity index (χ0n) is 15.1. The van der Waals surface area contributed by atoms with E-state index in [2.05, 4.69) is 49.0 Å². The molecule has 6 nitrogen and oxygen atoms in total. The molecule has 6 heteroatoms. The van der Waals surface area contributed by atoms with Gasteiger partial charge in [0.15, 0.2) is 0 Å². The van der Waals surface area contributed by atoms with Crippen LogP contribution in [0.1, 0.15) is 27.7 Å². The van der Waals surface area contributed by atoms with Crippen molar-refractivity contribution in [2.75, 3.05) is 36.8 Å². The summed E-state index contributed by atoms with van der Waals surface area (Å²) in [6.07, 6.45) is 0. The number of carbonyl (C=O) groups is 2. The molecule has 24 heavy (non-hydrogen) atoms. The maximum Gasteiger partial charge on any atom is 0.238 e. The lowest BCUT2D eigenvalue weighted by Crippen LogP contribution is -2.32. The Labute approximate surface area is 144 Å². The van der Waals surface area contributed by atoms with Crippen LogP contribution in [0.2, 0.25) is 0 Å². The van der Waals surface area contributed by atoms with Crippen LogP contribution in [0.25, 0.3) is 0 Å². The van der Waals surface area contributed by atoms with Crippen molar-refractivity contribution in [3.8, 4) is 0 Å². The molecule has 2 amide bonds. The van der Waals surface area contributed by atoms with Crippen LogP contribution in [0, 0.1) is 11.8 Å². The maximum absolute atomic E-state index is 12.0. The van der Waals surface area contributed by atoms with Gasteiger partial charge in [-0.05, 0) is 37.1 Å². The number of hydrogen-bond acceptors (Lipinski definition) is 4. The first-order valence-corrected chi connectivity index (χ1v) is 8.48. The zero-order chi connectivity index (χ0) is 17.9. The molecule has 0 atom stereocenters. The summed E-state index contributed by atoms with van der Waals surface area (Å²) in [5, 5.41) is 11.8. The molecule has 1 aromatic rings. The third-order valence-electron chi connectivity index (χ3n) is 3.15. The molecule has 1 rings (SSSR count). The molecule has 4 N–H and O–H groups in total. The Morgan fingerprint density at radius 1 is 0.792 bits per heavy atom. The van der Waals surface area contributed by atoms with Crippen LogP contribution in [-0.2, 0) is 9.59 Å². The first kappa shape index (κ1) is 20.1. The van der Waals surface area contributed by atoms with Gasteiger partial charge in [-0.25, -0.2) is 0 Å². The predicted octanol–water partition coefficient (Wildman–Crippen LogP) is 2.05. The van der Waals surface area contributed by atoms with Gasteiger partial charge in [0.1, 0.15) is 0 Å². The molecule has 0 unspecified atom stereocenters. The summed E-state index contributed by atoms with van der Waals surface area (Å²) in [5.74, 6) is 0.719. The van der Waals surface area contributed by atoms with E-state index in [1.807, 2.05) is 12.1 Å². The topological polar surface area (TPSA) is 82.3 Å². The Balaban J connectivity index is 2.51. The van der Waals surface area contributed by atoms with Gasteiger partial charge in [0.05, 0.1) is 24.5 Å². The lowest BCUT2D eigenvalue weighted by Gasteiger charge is -2.13. The SMILES string of the molecule is CC(C)CNCC(=O)Nc1ccccc1NC(=O)CNCC(C)C. The molecule has 134 valence electrons. The molecular formula is C18H30N4O2. The van der Waals surface area contributed by atoms with Gasteiger partial charge >= 0.3 is 0 Å². The third-order valence-corrected chi connectivity index (χ3v) is 3.15. The van der Waals surface area contributed by atoms with Crippen molar-refractivity contribution in [2.45, 2.75) is 27.7 Å². The normalized spacial score (nSPS) is 10.9. The van der Waals surface area contributed by atoms with E-state index in [-0.39, 0.29) is 24.9 Å². The number of rotatable bonds is 10. The van der Waals surface area contributed by atoms with Crippen molar-refractivity contribution >= 4 is 23.2 Å². The van der Waals surface area contributed by atoms with Gasteiger partial charge in [-0.3, -0.25) is 9.59 Å². The van der Waals surface area contributed by atoms with Gasteiger partial charge in [0.25, 0.3) is 0 Å². The number of benzene rings is 1. The smallest absolute Gasteiger partial charge is 0.238 e. The minimum Gasteiger partial charge on any atom is -0.323 e. The van der Waals surface area contributed by atoms with Gasteiger partial charge in [-0.1, -0.05) is 39.8 Å². The summed E-state index contributed by atoms with van der Waals surface area (Å²) < 4.78 is 0. The molecule has 0 saturated heterocycles. The summed E-state index contributed by atoms with van der Waals surface area (Å²) in [6, 6.07) is 7.20. The molecule has 1 aromatic carbocycles. The highest BCUT2D eigenvalue weighted by molar-refractivity contribution is 6.00. The molecule has 0 bridgehead atoms. The molecule has 0 aliphatic carbocycles. The van der Waals surface area contributed by atoms with Crippen LogP contribution in [0.5, 0.6) is 0 Å². The second-order valence-corrected chi connectivity index (χ2v) is 6.69. The number of nitrogens with one attached hydrogen (secondary N) is 4. The van der Waals surface area contributed by atoms with Crippen molar-refractivity contribution in [3.05, 3.63) is 24.3 Å². The monoisotopic (exact) mass is 334 g/mol. The molecule has 0 saturated carbocycles. The minimum atomic E-state index is -0.129. The second kappa shape index (κ2) is 10.8. The Hall–Kier alpha value is -1.92. The Morgan fingerprint density at radius 3 is 1.50 bits per heavy atom. The van der Waals surface area contributed by atoms with Crippen LogP contribution in [0.4, 0.5) is 11.4 Å². The molecular weight excluding hydrogens is 304 g/mol. The minimum absolute atomic E-state index is 0.129. The van der Waals surface area contributed by atoms with Crippen LogP contribution in [0.15, 0.2) is 24.3 Å². The number of para-hydroxylation sites is 2. The van der Waals surface area contributed by atoms with E-state index in [0.29, 0.717) is 23.2 Å². The van der Waals surface area contributed by atoms with Crippen molar-refractivity contribution in [3.63, 3.8) is 0 Å². The Bertz CT molecular complexity index is 483. The van der Waals surface area contributed by atoms with E-state index in [1.54, 1.807) is 12.1 Å². The zero-order valence-corrected chi connectivity index (χ0v) is 15.1. The number of carbonyl (C=O) groups excluding carboxylic acids is 2. The quantitative estimate of drug-likeness (QED) is 0.528. The van der Waals surface area contributed by atoms with Gasteiger partial charge in [0.2, 0.25) is 11.8 Å². The van der Waals surface area contributed by atoms with E-state index in [1.165, 1.54) is 0 Å². The first-order chi connectivity index (χ1) is 11.4. The van der Waals surface area contributed by atoms with Crippen LogP contribution < -0.4 is 21.3 Å². The summed E-state index contributed by atoms with van der Waals surface area (Å²) in [7, 11) is 0. The average Bonchev–Trinajstić information content (AvgIpc) is 2.48. The number of amides is 2. The second-order valence-electron chi connectivity index (χ2n) is 6.69. The van der Waals surface area contributed by atoms with Crippen LogP contribution in [0.3, 0.4) is 0 Å². The standard InChI is InChI=1S/C18H30N4O2/c1-13(2)9-19-11-17(23)21-15-7-5-6-8-16(15)22-18(24)12-20-10-14(3)4/h5-8,13-14,19-20H,9-12H2,1-4H3,(H,21,23)(H,22,24). The summed E-state index contributed by atoms with van der Waals surface area (Å²) in [4.78, 5) is 24.0. The van der Waals surface area contributed by atoms with E-state index in [4.69, 9.17) is 0 Å². The maximum atomic E-state index is 12.0.